The fourth-order valence-corrected chi connectivity index (χ4v) is 2.47. The number of ether oxygens (including phenoxy) is 1. The van der Waals surface area contributed by atoms with Gasteiger partial charge in [0.2, 0.25) is 0 Å². The highest BCUT2D eigenvalue weighted by atomic mass is 16.5. The first-order chi connectivity index (χ1) is 7.74. The minimum absolute atomic E-state index is 0.0666. The van der Waals surface area contributed by atoms with E-state index >= 15 is 0 Å². The molecule has 1 rings (SSSR count). The molecule has 0 saturated heterocycles. The van der Waals surface area contributed by atoms with Gasteiger partial charge in [-0.3, -0.25) is 0 Å². The molecular formula is C13H27NO2. The fourth-order valence-electron chi connectivity index (χ4n) is 2.47. The van der Waals surface area contributed by atoms with Gasteiger partial charge in [-0.2, -0.15) is 0 Å². The van der Waals surface area contributed by atoms with Crippen molar-refractivity contribution in [2.45, 2.75) is 45.1 Å². The highest BCUT2D eigenvalue weighted by molar-refractivity contribution is 4.76. The number of nitrogens with zero attached hydrogens (tertiary/aromatic N) is 1. The Morgan fingerprint density at radius 3 is 2.75 bits per heavy atom. The van der Waals surface area contributed by atoms with Gasteiger partial charge in [-0.15, -0.1) is 0 Å². The molecule has 1 N–H and O–H groups in total. The van der Waals surface area contributed by atoms with Gasteiger partial charge in [-0.05, 0) is 39.2 Å². The van der Waals surface area contributed by atoms with Crippen LogP contribution < -0.4 is 0 Å². The minimum Gasteiger partial charge on any atom is -0.393 e. The van der Waals surface area contributed by atoms with Gasteiger partial charge in [0.1, 0.15) is 0 Å². The van der Waals surface area contributed by atoms with E-state index in [1.807, 2.05) is 6.92 Å². The molecule has 3 heteroatoms. The van der Waals surface area contributed by atoms with Gasteiger partial charge in [-0.25, -0.2) is 0 Å². The van der Waals surface area contributed by atoms with Crippen LogP contribution >= 0.6 is 0 Å². The summed E-state index contributed by atoms with van der Waals surface area (Å²) in [6.45, 7) is 5.80. The molecule has 0 radical (unpaired) electrons. The maximum Gasteiger partial charge on any atom is 0.0580 e. The van der Waals surface area contributed by atoms with Crippen molar-refractivity contribution in [3.8, 4) is 0 Å². The molecule has 1 aliphatic rings. The number of hydrogen-bond donors (Lipinski definition) is 1. The van der Waals surface area contributed by atoms with Crippen molar-refractivity contribution in [1.29, 1.82) is 0 Å². The summed E-state index contributed by atoms with van der Waals surface area (Å²) in [5, 5.41) is 9.88. The monoisotopic (exact) mass is 229 g/mol. The van der Waals surface area contributed by atoms with Crippen LogP contribution in [0, 0.1) is 5.92 Å². The van der Waals surface area contributed by atoms with Crippen LogP contribution in [0.15, 0.2) is 0 Å². The van der Waals surface area contributed by atoms with Crippen LogP contribution in [0.3, 0.4) is 0 Å². The summed E-state index contributed by atoms with van der Waals surface area (Å²) in [4.78, 5) is 2.33. The molecule has 1 saturated carbocycles. The average Bonchev–Trinajstić information content (AvgIpc) is 2.28. The predicted molar refractivity (Wildman–Crippen MR) is 66.6 cm³/mol. The molecule has 16 heavy (non-hydrogen) atoms. The van der Waals surface area contributed by atoms with Crippen molar-refractivity contribution in [2.75, 3.05) is 33.4 Å². The fraction of sp³-hybridized carbons (Fsp3) is 1.00. The number of aliphatic hydroxyl groups excluding tert-OH is 1. The second-order valence-corrected chi connectivity index (χ2v) is 4.92. The van der Waals surface area contributed by atoms with E-state index in [4.69, 9.17) is 4.74 Å². The maximum atomic E-state index is 9.88. The van der Waals surface area contributed by atoms with Crippen molar-refractivity contribution >= 4 is 0 Å². The SMILES string of the molecule is CCOCCCN(C)CC1CCCCC1O. The Balaban J connectivity index is 2.09. The van der Waals surface area contributed by atoms with E-state index in [2.05, 4.69) is 11.9 Å². The zero-order chi connectivity index (χ0) is 11.8. The molecule has 1 aliphatic carbocycles. The molecule has 0 bridgehead atoms. The Morgan fingerprint density at radius 1 is 1.31 bits per heavy atom. The van der Waals surface area contributed by atoms with Gasteiger partial charge in [0.05, 0.1) is 6.10 Å². The molecule has 0 heterocycles. The van der Waals surface area contributed by atoms with Crippen molar-refractivity contribution in [1.82, 2.24) is 4.90 Å². The first kappa shape index (κ1) is 13.9. The largest absolute Gasteiger partial charge is 0.393 e. The number of aliphatic hydroxyl groups is 1. The Bertz CT molecular complexity index is 175. The van der Waals surface area contributed by atoms with E-state index in [1.165, 1.54) is 19.3 Å². The van der Waals surface area contributed by atoms with Gasteiger partial charge in [-0.1, -0.05) is 12.8 Å². The van der Waals surface area contributed by atoms with E-state index in [1.54, 1.807) is 0 Å². The Kier molecular flexibility index (Phi) is 7.01. The summed E-state index contributed by atoms with van der Waals surface area (Å²) in [5.41, 5.74) is 0. The van der Waals surface area contributed by atoms with Crippen LogP contribution in [0.2, 0.25) is 0 Å². The van der Waals surface area contributed by atoms with Crippen LogP contribution in [0.1, 0.15) is 39.0 Å². The van der Waals surface area contributed by atoms with E-state index in [9.17, 15) is 5.11 Å². The van der Waals surface area contributed by atoms with Gasteiger partial charge in [0.25, 0.3) is 0 Å². The summed E-state index contributed by atoms with van der Waals surface area (Å²) < 4.78 is 5.32. The minimum atomic E-state index is -0.0666. The van der Waals surface area contributed by atoms with Gasteiger partial charge in [0, 0.05) is 26.3 Å². The van der Waals surface area contributed by atoms with Crippen LogP contribution in [-0.4, -0.2) is 49.5 Å². The molecule has 0 spiro atoms. The molecule has 0 amide bonds. The summed E-state index contributed by atoms with van der Waals surface area (Å²) in [6.07, 6.45) is 5.70. The van der Waals surface area contributed by atoms with Crippen molar-refractivity contribution in [3.05, 3.63) is 0 Å². The van der Waals surface area contributed by atoms with Crippen molar-refractivity contribution in [3.63, 3.8) is 0 Å². The molecule has 0 aromatic carbocycles. The number of hydrogen-bond acceptors (Lipinski definition) is 3. The van der Waals surface area contributed by atoms with Gasteiger partial charge < -0.3 is 14.7 Å². The lowest BCUT2D eigenvalue weighted by Crippen LogP contribution is -2.35. The highest BCUT2D eigenvalue weighted by Crippen LogP contribution is 2.24. The second kappa shape index (κ2) is 8.04. The molecule has 96 valence electrons. The zero-order valence-corrected chi connectivity index (χ0v) is 10.8. The first-order valence-electron chi connectivity index (χ1n) is 6.68. The normalized spacial score (nSPS) is 26.2. The lowest BCUT2D eigenvalue weighted by Gasteiger charge is -2.31. The van der Waals surface area contributed by atoms with E-state index < -0.39 is 0 Å². The number of rotatable bonds is 7. The van der Waals surface area contributed by atoms with E-state index in [0.29, 0.717) is 5.92 Å². The molecule has 0 aliphatic heterocycles. The van der Waals surface area contributed by atoms with Crippen LogP contribution in [0.5, 0.6) is 0 Å². The molecule has 0 aromatic rings. The van der Waals surface area contributed by atoms with Crippen molar-refractivity contribution in [2.24, 2.45) is 5.92 Å². The van der Waals surface area contributed by atoms with E-state index in [-0.39, 0.29) is 6.10 Å². The molecule has 0 aromatic heterocycles. The smallest absolute Gasteiger partial charge is 0.0580 e. The van der Waals surface area contributed by atoms with Crippen LogP contribution in [0.25, 0.3) is 0 Å². The topological polar surface area (TPSA) is 32.7 Å². The standard InChI is InChI=1S/C13H27NO2/c1-3-16-10-6-9-14(2)11-12-7-4-5-8-13(12)15/h12-13,15H,3-11H2,1-2H3. The predicted octanol–water partition coefficient (Wildman–Crippen LogP) is 1.90. The summed E-state index contributed by atoms with van der Waals surface area (Å²) >= 11 is 0. The lowest BCUT2D eigenvalue weighted by molar-refractivity contribution is 0.0492. The third-order valence-corrected chi connectivity index (χ3v) is 3.45. The Morgan fingerprint density at radius 2 is 2.06 bits per heavy atom. The summed E-state index contributed by atoms with van der Waals surface area (Å²) in [6, 6.07) is 0. The van der Waals surface area contributed by atoms with Gasteiger partial charge in [0.15, 0.2) is 0 Å². The quantitative estimate of drug-likeness (QED) is 0.677. The average molecular weight is 229 g/mol. The molecule has 3 nitrogen and oxygen atoms in total. The first-order valence-corrected chi connectivity index (χ1v) is 6.68. The maximum absolute atomic E-state index is 9.88. The molecule has 2 atom stereocenters. The second-order valence-electron chi connectivity index (χ2n) is 4.92. The van der Waals surface area contributed by atoms with Crippen LogP contribution in [0.4, 0.5) is 0 Å². The summed E-state index contributed by atoms with van der Waals surface area (Å²) in [7, 11) is 2.15. The third-order valence-electron chi connectivity index (χ3n) is 3.45. The molecule has 1 fully saturated rings. The Hall–Kier alpha value is -0.120. The zero-order valence-electron chi connectivity index (χ0n) is 10.8. The van der Waals surface area contributed by atoms with Crippen LogP contribution in [-0.2, 0) is 4.74 Å². The Labute approximate surface area is 99.8 Å². The lowest BCUT2D eigenvalue weighted by atomic mass is 9.86. The highest BCUT2D eigenvalue weighted by Gasteiger charge is 2.23. The van der Waals surface area contributed by atoms with Crippen molar-refractivity contribution < 1.29 is 9.84 Å². The molecule has 2 unspecified atom stereocenters. The summed E-state index contributed by atoms with van der Waals surface area (Å²) in [5.74, 6) is 0.492. The van der Waals surface area contributed by atoms with E-state index in [0.717, 1.165) is 39.1 Å². The van der Waals surface area contributed by atoms with Gasteiger partial charge >= 0.3 is 0 Å². The third kappa shape index (κ3) is 5.28. The molecular weight excluding hydrogens is 202 g/mol.